The molecule has 0 spiro atoms. The number of rotatable bonds is 3. The van der Waals surface area contributed by atoms with Crippen LogP contribution in [-0.2, 0) is 0 Å². The van der Waals surface area contributed by atoms with Crippen LogP contribution in [0.2, 0.25) is 0 Å². The van der Waals surface area contributed by atoms with Crippen LogP contribution in [0.1, 0.15) is 43.0 Å². The molecule has 2 N–H and O–H groups in total. The third kappa shape index (κ3) is 2.96. The van der Waals surface area contributed by atoms with Crippen molar-refractivity contribution in [2.75, 3.05) is 5.32 Å². The van der Waals surface area contributed by atoms with Crippen molar-refractivity contribution in [1.82, 2.24) is 4.98 Å². The minimum absolute atomic E-state index is 0.255. The summed E-state index contributed by atoms with van der Waals surface area (Å²) in [6.45, 7) is 2.25. The number of carboxylic acid groups (broad SMARTS) is 1. The highest BCUT2D eigenvalue weighted by Gasteiger charge is 2.20. The second kappa shape index (κ2) is 5.17. The number of carboxylic acids is 1. The van der Waals surface area contributed by atoms with Crippen LogP contribution in [0.15, 0.2) is 18.5 Å². The normalized spacial score (nSPS) is 24.3. The van der Waals surface area contributed by atoms with Gasteiger partial charge in [-0.15, -0.1) is 0 Å². The third-order valence-electron chi connectivity index (χ3n) is 3.35. The first-order valence-electron chi connectivity index (χ1n) is 6.10. The molecule has 2 atom stereocenters. The van der Waals surface area contributed by atoms with E-state index in [4.69, 9.17) is 5.11 Å². The lowest BCUT2D eigenvalue weighted by molar-refractivity contribution is 0.0697. The third-order valence-corrected chi connectivity index (χ3v) is 3.35. The maximum atomic E-state index is 11.0. The van der Waals surface area contributed by atoms with E-state index in [0.29, 0.717) is 11.7 Å². The second-order valence-electron chi connectivity index (χ2n) is 4.84. The fourth-order valence-electron chi connectivity index (χ4n) is 2.48. The van der Waals surface area contributed by atoms with E-state index in [1.165, 1.54) is 19.0 Å². The van der Waals surface area contributed by atoms with Crippen molar-refractivity contribution in [2.24, 2.45) is 5.92 Å². The van der Waals surface area contributed by atoms with E-state index < -0.39 is 5.97 Å². The number of hydrogen-bond acceptors (Lipinski definition) is 3. The Hall–Kier alpha value is -1.58. The molecule has 1 aliphatic rings. The van der Waals surface area contributed by atoms with E-state index in [0.717, 1.165) is 18.8 Å². The van der Waals surface area contributed by atoms with E-state index in [2.05, 4.69) is 17.2 Å². The summed E-state index contributed by atoms with van der Waals surface area (Å²) in [5.74, 6) is -0.208. The van der Waals surface area contributed by atoms with Crippen LogP contribution in [0.4, 0.5) is 5.69 Å². The molecule has 1 fully saturated rings. The molecular weight excluding hydrogens is 216 g/mol. The standard InChI is InChI=1S/C13H18N2O2/c1-9-3-2-4-10(7-9)15-12-5-6-14-8-11(12)13(16)17/h5-6,8-10H,2-4,7H2,1H3,(H,14,15)(H,16,17). The van der Waals surface area contributed by atoms with Crippen LogP contribution in [0.3, 0.4) is 0 Å². The van der Waals surface area contributed by atoms with Gasteiger partial charge in [0.2, 0.25) is 0 Å². The lowest BCUT2D eigenvalue weighted by Gasteiger charge is -2.28. The molecule has 4 heteroatoms. The fraction of sp³-hybridized carbons (Fsp3) is 0.538. The molecule has 1 saturated carbocycles. The number of nitrogens with zero attached hydrogens (tertiary/aromatic N) is 1. The van der Waals surface area contributed by atoms with E-state index in [1.807, 2.05) is 0 Å². The largest absolute Gasteiger partial charge is 0.478 e. The Morgan fingerprint density at radius 3 is 3.06 bits per heavy atom. The minimum Gasteiger partial charge on any atom is -0.478 e. The molecule has 0 amide bonds. The zero-order chi connectivity index (χ0) is 12.3. The highest BCUT2D eigenvalue weighted by molar-refractivity contribution is 5.93. The molecule has 0 radical (unpaired) electrons. The van der Waals surface area contributed by atoms with Gasteiger partial charge in [0.25, 0.3) is 0 Å². The van der Waals surface area contributed by atoms with Crippen LogP contribution < -0.4 is 5.32 Å². The molecule has 92 valence electrons. The van der Waals surface area contributed by atoms with E-state index in [1.54, 1.807) is 12.3 Å². The summed E-state index contributed by atoms with van der Waals surface area (Å²) >= 11 is 0. The summed E-state index contributed by atoms with van der Waals surface area (Å²) in [7, 11) is 0. The van der Waals surface area contributed by atoms with Crippen molar-refractivity contribution in [3.8, 4) is 0 Å². The van der Waals surface area contributed by atoms with Gasteiger partial charge < -0.3 is 10.4 Å². The van der Waals surface area contributed by atoms with Crippen molar-refractivity contribution in [3.05, 3.63) is 24.0 Å². The zero-order valence-electron chi connectivity index (χ0n) is 10.0. The maximum Gasteiger partial charge on any atom is 0.339 e. The second-order valence-corrected chi connectivity index (χ2v) is 4.84. The highest BCUT2D eigenvalue weighted by atomic mass is 16.4. The van der Waals surface area contributed by atoms with Crippen molar-refractivity contribution in [1.29, 1.82) is 0 Å². The molecule has 4 nitrogen and oxygen atoms in total. The van der Waals surface area contributed by atoms with E-state index >= 15 is 0 Å². The number of pyridine rings is 1. The Kier molecular flexibility index (Phi) is 3.61. The predicted molar refractivity (Wildman–Crippen MR) is 66.2 cm³/mol. The lowest BCUT2D eigenvalue weighted by Crippen LogP contribution is -2.27. The van der Waals surface area contributed by atoms with E-state index in [9.17, 15) is 4.79 Å². The first-order chi connectivity index (χ1) is 8.16. The Morgan fingerprint density at radius 2 is 2.35 bits per heavy atom. The number of anilines is 1. The molecule has 1 aliphatic carbocycles. The summed E-state index contributed by atoms with van der Waals surface area (Å²) in [6.07, 6.45) is 7.75. The monoisotopic (exact) mass is 234 g/mol. The number of aromatic nitrogens is 1. The number of nitrogens with one attached hydrogen (secondary N) is 1. The summed E-state index contributed by atoms with van der Waals surface area (Å²) in [4.78, 5) is 14.9. The summed E-state index contributed by atoms with van der Waals surface area (Å²) < 4.78 is 0. The van der Waals surface area contributed by atoms with Crippen LogP contribution in [0, 0.1) is 5.92 Å². The Bertz CT molecular complexity index is 406. The summed E-state index contributed by atoms with van der Waals surface area (Å²) in [5.41, 5.74) is 0.942. The predicted octanol–water partition coefficient (Wildman–Crippen LogP) is 2.77. The van der Waals surface area contributed by atoms with Crippen LogP contribution in [0.25, 0.3) is 0 Å². The van der Waals surface area contributed by atoms with Gasteiger partial charge >= 0.3 is 5.97 Å². The van der Waals surface area contributed by atoms with Gasteiger partial charge in [0, 0.05) is 18.4 Å². The Morgan fingerprint density at radius 1 is 1.53 bits per heavy atom. The molecular formula is C13H18N2O2. The van der Waals surface area contributed by atoms with Crippen molar-refractivity contribution < 1.29 is 9.90 Å². The highest BCUT2D eigenvalue weighted by Crippen LogP contribution is 2.27. The molecule has 0 bridgehead atoms. The van der Waals surface area contributed by atoms with Gasteiger partial charge in [-0.25, -0.2) is 4.79 Å². The van der Waals surface area contributed by atoms with Crippen LogP contribution in [0.5, 0.6) is 0 Å². The number of carbonyl (C=O) groups is 1. The average Bonchev–Trinajstić information content (AvgIpc) is 2.29. The van der Waals surface area contributed by atoms with Gasteiger partial charge in [-0.2, -0.15) is 0 Å². The van der Waals surface area contributed by atoms with Crippen molar-refractivity contribution >= 4 is 11.7 Å². The molecule has 0 saturated heterocycles. The first-order valence-corrected chi connectivity index (χ1v) is 6.10. The topological polar surface area (TPSA) is 62.2 Å². The van der Waals surface area contributed by atoms with E-state index in [-0.39, 0.29) is 5.56 Å². The molecule has 2 rings (SSSR count). The maximum absolute atomic E-state index is 11.0. The minimum atomic E-state index is -0.926. The summed E-state index contributed by atoms with van der Waals surface area (Å²) in [6, 6.07) is 2.13. The van der Waals surface area contributed by atoms with Crippen LogP contribution >= 0.6 is 0 Å². The van der Waals surface area contributed by atoms with Gasteiger partial charge in [0.1, 0.15) is 5.56 Å². The average molecular weight is 234 g/mol. The van der Waals surface area contributed by atoms with Crippen molar-refractivity contribution in [3.63, 3.8) is 0 Å². The quantitative estimate of drug-likeness (QED) is 0.844. The smallest absolute Gasteiger partial charge is 0.339 e. The molecule has 0 aromatic carbocycles. The van der Waals surface area contributed by atoms with Gasteiger partial charge in [-0.1, -0.05) is 19.8 Å². The Labute approximate surface area is 101 Å². The zero-order valence-corrected chi connectivity index (χ0v) is 10.0. The van der Waals surface area contributed by atoms with Gasteiger partial charge in [0.05, 0.1) is 5.69 Å². The Balaban J connectivity index is 2.10. The lowest BCUT2D eigenvalue weighted by atomic mass is 9.87. The summed E-state index contributed by atoms with van der Waals surface area (Å²) in [5, 5.41) is 12.4. The van der Waals surface area contributed by atoms with Gasteiger partial charge in [0.15, 0.2) is 0 Å². The van der Waals surface area contributed by atoms with Gasteiger partial charge in [-0.05, 0) is 24.8 Å². The molecule has 17 heavy (non-hydrogen) atoms. The van der Waals surface area contributed by atoms with Gasteiger partial charge in [-0.3, -0.25) is 4.98 Å². The number of hydrogen-bond donors (Lipinski definition) is 2. The van der Waals surface area contributed by atoms with Crippen LogP contribution in [-0.4, -0.2) is 22.1 Å². The molecule has 2 unspecified atom stereocenters. The molecule has 1 aromatic rings. The molecule has 1 aromatic heterocycles. The molecule has 1 heterocycles. The fourth-order valence-corrected chi connectivity index (χ4v) is 2.48. The van der Waals surface area contributed by atoms with Crippen molar-refractivity contribution in [2.45, 2.75) is 38.6 Å². The first kappa shape index (κ1) is 11.9. The molecule has 0 aliphatic heterocycles. The number of aromatic carboxylic acids is 1. The SMILES string of the molecule is CC1CCCC(Nc2ccncc2C(=O)O)C1.